The Morgan fingerprint density at radius 2 is 1.12 bits per heavy atom. The van der Waals surface area contributed by atoms with Gasteiger partial charge in [-0.05, 0) is 89.4 Å². The first kappa shape index (κ1) is 26.1. The van der Waals surface area contributed by atoms with Crippen molar-refractivity contribution in [3.05, 3.63) is 70.3 Å². The van der Waals surface area contributed by atoms with Gasteiger partial charge in [-0.3, -0.25) is 0 Å². The Morgan fingerprint density at radius 1 is 0.667 bits per heavy atom. The molecule has 4 rings (SSSR count). The van der Waals surface area contributed by atoms with Crippen molar-refractivity contribution >= 4 is 0 Å². The van der Waals surface area contributed by atoms with Crippen LogP contribution in [0.25, 0.3) is 0 Å². The molecule has 2 aromatic carbocycles. The van der Waals surface area contributed by atoms with Crippen molar-refractivity contribution in [2.75, 3.05) is 0 Å². The van der Waals surface area contributed by atoms with Crippen LogP contribution in [0.2, 0.25) is 0 Å². The summed E-state index contributed by atoms with van der Waals surface area (Å²) in [5.74, 6) is 6.30. The molecule has 0 N–H and O–H groups in total. The standard InChI is InChI=1S/C17H26.C16H24/c1-6-12(3)16-10-13(4)14(5)17-9-11(2)7-8-15(16)17;1-5-11(2)16-10-12(3)13(4)14-8-6-7-9-15(14)16/h7-9,12-14,16H,6,10H2,1-5H3;6-9,11-13,16H,5,10H2,1-4H3. The Bertz CT molecular complexity index is 893. The summed E-state index contributed by atoms with van der Waals surface area (Å²) in [6.45, 7) is 21.3. The maximum Gasteiger partial charge on any atom is -0.0131 e. The number of benzene rings is 2. The summed E-state index contributed by atoms with van der Waals surface area (Å²) in [6.07, 6.45) is 5.32. The largest absolute Gasteiger partial charge is 0.0651 e. The quantitative estimate of drug-likeness (QED) is 0.438. The number of fused-ring (bicyclic) bond motifs is 2. The number of aryl methyl sites for hydroxylation is 1. The normalized spacial score (nSPS) is 30.3. The van der Waals surface area contributed by atoms with E-state index in [1.165, 1.54) is 31.2 Å². The molecule has 2 aliphatic carbocycles. The van der Waals surface area contributed by atoms with Crippen molar-refractivity contribution in [1.29, 1.82) is 0 Å². The van der Waals surface area contributed by atoms with E-state index in [0.29, 0.717) is 0 Å². The van der Waals surface area contributed by atoms with Crippen LogP contribution in [0.5, 0.6) is 0 Å². The lowest BCUT2D eigenvalue weighted by Crippen LogP contribution is -2.24. The third kappa shape index (κ3) is 5.58. The van der Waals surface area contributed by atoms with Crippen LogP contribution in [-0.2, 0) is 0 Å². The summed E-state index contributed by atoms with van der Waals surface area (Å²) in [6, 6.07) is 16.2. The van der Waals surface area contributed by atoms with Gasteiger partial charge >= 0.3 is 0 Å². The summed E-state index contributed by atoms with van der Waals surface area (Å²) in [5, 5.41) is 0. The molecule has 0 heterocycles. The predicted molar refractivity (Wildman–Crippen MR) is 146 cm³/mol. The van der Waals surface area contributed by atoms with Crippen LogP contribution >= 0.6 is 0 Å². The summed E-state index contributed by atoms with van der Waals surface area (Å²) < 4.78 is 0. The van der Waals surface area contributed by atoms with Gasteiger partial charge in [-0.15, -0.1) is 0 Å². The van der Waals surface area contributed by atoms with Crippen LogP contribution in [0, 0.1) is 30.6 Å². The zero-order valence-electron chi connectivity index (χ0n) is 23.0. The van der Waals surface area contributed by atoms with Crippen molar-refractivity contribution in [2.24, 2.45) is 23.7 Å². The second kappa shape index (κ2) is 11.2. The first-order chi connectivity index (χ1) is 15.7. The molecule has 0 saturated heterocycles. The molecule has 0 fully saturated rings. The van der Waals surface area contributed by atoms with E-state index in [1.54, 1.807) is 22.3 Å². The maximum atomic E-state index is 2.42. The Kier molecular flexibility index (Phi) is 8.88. The Balaban J connectivity index is 0.000000186. The summed E-state index contributed by atoms with van der Waals surface area (Å²) in [5.41, 5.74) is 7.89. The van der Waals surface area contributed by atoms with Gasteiger partial charge in [0.05, 0.1) is 0 Å². The molecule has 0 heteroatoms. The third-order valence-corrected chi connectivity index (χ3v) is 9.64. The minimum Gasteiger partial charge on any atom is -0.0651 e. The molecular weight excluding hydrogens is 396 g/mol. The molecule has 2 aromatic rings. The minimum atomic E-state index is 0.727. The van der Waals surface area contributed by atoms with Crippen LogP contribution in [-0.4, -0.2) is 0 Å². The highest BCUT2D eigenvalue weighted by Gasteiger charge is 2.33. The highest BCUT2D eigenvalue weighted by atomic mass is 14.4. The van der Waals surface area contributed by atoms with Crippen molar-refractivity contribution in [2.45, 2.75) is 112 Å². The van der Waals surface area contributed by atoms with E-state index in [-0.39, 0.29) is 0 Å². The number of hydrogen-bond donors (Lipinski definition) is 0. The zero-order chi connectivity index (χ0) is 24.3. The van der Waals surface area contributed by atoms with E-state index < -0.39 is 0 Å². The molecule has 2 aliphatic rings. The van der Waals surface area contributed by atoms with Crippen LogP contribution < -0.4 is 0 Å². The SMILES string of the molecule is CCC(C)C1CC(C)C(C)c2cc(C)ccc21.CCC(C)C1CC(C)C(C)c2ccccc21. The highest BCUT2D eigenvalue weighted by molar-refractivity contribution is 5.39. The fraction of sp³-hybridized carbons (Fsp3) is 0.636. The lowest BCUT2D eigenvalue weighted by atomic mass is 9.67. The van der Waals surface area contributed by atoms with Gasteiger partial charge in [0.2, 0.25) is 0 Å². The van der Waals surface area contributed by atoms with Crippen molar-refractivity contribution in [1.82, 2.24) is 0 Å². The van der Waals surface area contributed by atoms with E-state index in [4.69, 9.17) is 0 Å². The summed E-state index contributed by atoms with van der Waals surface area (Å²) in [4.78, 5) is 0. The Morgan fingerprint density at radius 3 is 1.64 bits per heavy atom. The van der Waals surface area contributed by atoms with Crippen LogP contribution in [0.4, 0.5) is 0 Å². The van der Waals surface area contributed by atoms with Crippen molar-refractivity contribution in [3.63, 3.8) is 0 Å². The average molecular weight is 447 g/mol. The monoisotopic (exact) mass is 446 g/mol. The first-order valence-electron chi connectivity index (χ1n) is 13.9. The number of rotatable bonds is 4. The van der Waals surface area contributed by atoms with Gasteiger partial charge in [0.25, 0.3) is 0 Å². The molecular formula is C33H50. The molecule has 0 bridgehead atoms. The minimum absolute atomic E-state index is 0.727. The smallest absolute Gasteiger partial charge is 0.0131 e. The topological polar surface area (TPSA) is 0 Å². The van der Waals surface area contributed by atoms with Gasteiger partial charge in [0, 0.05) is 0 Å². The molecule has 182 valence electrons. The van der Waals surface area contributed by atoms with E-state index in [9.17, 15) is 0 Å². The lowest BCUT2D eigenvalue weighted by Gasteiger charge is -2.37. The molecule has 8 unspecified atom stereocenters. The molecule has 0 saturated carbocycles. The fourth-order valence-electron chi connectivity index (χ4n) is 6.41. The summed E-state index contributed by atoms with van der Waals surface area (Å²) >= 11 is 0. The van der Waals surface area contributed by atoms with Crippen molar-refractivity contribution < 1.29 is 0 Å². The molecule has 0 aromatic heterocycles. The molecule has 33 heavy (non-hydrogen) atoms. The van der Waals surface area contributed by atoms with Gasteiger partial charge < -0.3 is 0 Å². The van der Waals surface area contributed by atoms with Gasteiger partial charge in [-0.1, -0.05) is 116 Å². The van der Waals surface area contributed by atoms with E-state index in [0.717, 1.165) is 47.3 Å². The zero-order valence-corrected chi connectivity index (χ0v) is 23.0. The second-order valence-corrected chi connectivity index (χ2v) is 11.7. The van der Waals surface area contributed by atoms with E-state index in [2.05, 4.69) is 105 Å². The second-order valence-electron chi connectivity index (χ2n) is 11.7. The molecule has 0 spiro atoms. The highest BCUT2D eigenvalue weighted by Crippen LogP contribution is 2.47. The van der Waals surface area contributed by atoms with E-state index in [1.807, 2.05) is 0 Å². The van der Waals surface area contributed by atoms with Crippen LogP contribution in [0.1, 0.15) is 133 Å². The van der Waals surface area contributed by atoms with Crippen LogP contribution in [0.15, 0.2) is 42.5 Å². The maximum absolute atomic E-state index is 2.42. The third-order valence-electron chi connectivity index (χ3n) is 9.64. The lowest BCUT2D eigenvalue weighted by molar-refractivity contribution is 0.310. The molecule has 0 amide bonds. The van der Waals surface area contributed by atoms with Gasteiger partial charge in [0.15, 0.2) is 0 Å². The van der Waals surface area contributed by atoms with Gasteiger partial charge in [-0.2, -0.15) is 0 Å². The molecule has 8 atom stereocenters. The van der Waals surface area contributed by atoms with Gasteiger partial charge in [-0.25, -0.2) is 0 Å². The fourth-order valence-corrected chi connectivity index (χ4v) is 6.41. The first-order valence-corrected chi connectivity index (χ1v) is 13.9. The Labute approximate surface area is 205 Å². The number of hydrogen-bond acceptors (Lipinski definition) is 0. The Hall–Kier alpha value is -1.56. The average Bonchev–Trinajstić information content (AvgIpc) is 2.83. The van der Waals surface area contributed by atoms with Crippen molar-refractivity contribution in [3.8, 4) is 0 Å². The predicted octanol–water partition coefficient (Wildman–Crippen LogP) is 10.2. The van der Waals surface area contributed by atoms with Gasteiger partial charge in [0.1, 0.15) is 0 Å². The van der Waals surface area contributed by atoms with Crippen LogP contribution in [0.3, 0.4) is 0 Å². The molecule has 0 radical (unpaired) electrons. The summed E-state index contributed by atoms with van der Waals surface area (Å²) in [7, 11) is 0. The van der Waals surface area contributed by atoms with E-state index >= 15 is 0 Å². The molecule has 0 nitrogen and oxygen atoms in total. The molecule has 0 aliphatic heterocycles.